The highest BCUT2D eigenvalue weighted by atomic mass is 32.2. The molecule has 2 aromatic carbocycles. The fraction of sp³-hybridized carbons (Fsp3) is 0.462. The zero-order chi connectivity index (χ0) is 27.1. The Labute approximate surface area is 214 Å². The van der Waals surface area contributed by atoms with E-state index in [0.717, 1.165) is 16.1 Å². The van der Waals surface area contributed by atoms with E-state index >= 15 is 0 Å². The lowest BCUT2D eigenvalue weighted by atomic mass is 10.1. The Morgan fingerprint density at radius 3 is 2.19 bits per heavy atom. The van der Waals surface area contributed by atoms with E-state index in [1.165, 1.54) is 4.90 Å². The van der Waals surface area contributed by atoms with Gasteiger partial charge in [-0.15, -0.1) is 0 Å². The van der Waals surface area contributed by atoms with Crippen molar-refractivity contribution in [3.8, 4) is 11.5 Å². The van der Waals surface area contributed by atoms with Crippen molar-refractivity contribution in [1.82, 2.24) is 10.2 Å². The van der Waals surface area contributed by atoms with Crippen molar-refractivity contribution in [2.75, 3.05) is 30.8 Å². The Hall–Kier alpha value is -3.27. The second-order valence-electron chi connectivity index (χ2n) is 9.46. The SMILES string of the molecule is CCOc1ccccc1N(CC(=O)N(Cc1ccc(OC)cc1)[C@H](C)C(=O)NC(C)(C)C)S(C)(=O)=O. The van der Waals surface area contributed by atoms with Crippen molar-refractivity contribution >= 4 is 27.5 Å². The highest BCUT2D eigenvalue weighted by molar-refractivity contribution is 7.92. The number of amides is 2. The molecule has 0 heterocycles. The van der Waals surface area contributed by atoms with Gasteiger partial charge in [0, 0.05) is 12.1 Å². The van der Waals surface area contributed by atoms with E-state index in [1.807, 2.05) is 20.8 Å². The molecule has 0 aromatic heterocycles. The van der Waals surface area contributed by atoms with E-state index < -0.39 is 34.1 Å². The zero-order valence-electron chi connectivity index (χ0n) is 22.1. The largest absolute Gasteiger partial charge is 0.497 e. The number of anilines is 1. The summed E-state index contributed by atoms with van der Waals surface area (Å²) in [7, 11) is -2.30. The van der Waals surface area contributed by atoms with Crippen molar-refractivity contribution in [2.24, 2.45) is 0 Å². The molecule has 0 aliphatic heterocycles. The first-order valence-electron chi connectivity index (χ1n) is 11.7. The van der Waals surface area contributed by atoms with E-state index in [1.54, 1.807) is 69.5 Å². The summed E-state index contributed by atoms with van der Waals surface area (Å²) in [5.41, 5.74) is 0.515. The van der Waals surface area contributed by atoms with Gasteiger partial charge >= 0.3 is 0 Å². The number of sulfonamides is 1. The molecule has 2 aromatic rings. The number of hydrogen-bond acceptors (Lipinski definition) is 6. The quantitative estimate of drug-likeness (QED) is 0.489. The first-order chi connectivity index (χ1) is 16.8. The maximum Gasteiger partial charge on any atom is 0.244 e. The van der Waals surface area contributed by atoms with Crippen molar-refractivity contribution in [3.63, 3.8) is 0 Å². The Balaban J connectivity index is 2.44. The molecule has 2 amide bonds. The Kier molecular flexibility index (Phi) is 9.75. The van der Waals surface area contributed by atoms with Gasteiger partial charge in [0.15, 0.2) is 0 Å². The summed E-state index contributed by atoms with van der Waals surface area (Å²) in [6.45, 7) is 8.91. The van der Waals surface area contributed by atoms with Gasteiger partial charge in [0.1, 0.15) is 24.1 Å². The second kappa shape index (κ2) is 12.1. The van der Waals surface area contributed by atoms with Gasteiger partial charge < -0.3 is 19.7 Å². The molecular formula is C26H37N3O6S. The van der Waals surface area contributed by atoms with Crippen LogP contribution < -0.4 is 19.1 Å². The highest BCUT2D eigenvalue weighted by Crippen LogP contribution is 2.30. The highest BCUT2D eigenvalue weighted by Gasteiger charge is 2.32. The summed E-state index contributed by atoms with van der Waals surface area (Å²) in [5, 5.41) is 2.89. The molecule has 0 spiro atoms. The molecule has 1 atom stereocenters. The maximum atomic E-state index is 13.7. The molecule has 0 saturated carbocycles. The molecule has 10 heteroatoms. The summed E-state index contributed by atoms with van der Waals surface area (Å²) < 4.78 is 37.4. The van der Waals surface area contributed by atoms with Crippen molar-refractivity contribution < 1.29 is 27.5 Å². The number of rotatable bonds is 11. The number of ether oxygens (including phenoxy) is 2. The number of benzene rings is 2. The molecule has 0 fully saturated rings. The number of hydrogen-bond donors (Lipinski definition) is 1. The van der Waals surface area contributed by atoms with Gasteiger partial charge in [-0.25, -0.2) is 8.42 Å². The molecule has 0 saturated heterocycles. The van der Waals surface area contributed by atoms with Gasteiger partial charge in [0.2, 0.25) is 21.8 Å². The average Bonchev–Trinajstić information content (AvgIpc) is 2.79. The van der Waals surface area contributed by atoms with Crippen LogP contribution in [0, 0.1) is 0 Å². The van der Waals surface area contributed by atoms with Crippen LogP contribution in [0.15, 0.2) is 48.5 Å². The molecule has 198 valence electrons. The van der Waals surface area contributed by atoms with Crippen LogP contribution in [0.25, 0.3) is 0 Å². The lowest BCUT2D eigenvalue weighted by Gasteiger charge is -2.33. The van der Waals surface area contributed by atoms with Crippen molar-refractivity contribution in [1.29, 1.82) is 0 Å². The summed E-state index contributed by atoms with van der Waals surface area (Å²) in [4.78, 5) is 28.0. The number of nitrogens with zero attached hydrogens (tertiary/aromatic N) is 2. The maximum absolute atomic E-state index is 13.7. The molecule has 1 N–H and O–H groups in total. The van der Waals surface area contributed by atoms with Gasteiger partial charge in [0.25, 0.3) is 0 Å². The topological polar surface area (TPSA) is 105 Å². The molecule has 0 aliphatic carbocycles. The second-order valence-corrected chi connectivity index (χ2v) is 11.4. The monoisotopic (exact) mass is 519 g/mol. The standard InChI is InChI=1S/C26H37N3O6S/c1-8-35-23-12-10-9-11-22(23)29(36(7,32)33)18-24(30)28(19(2)25(31)27-26(3,4)5)17-20-13-15-21(34-6)16-14-20/h9-16,19H,8,17-18H2,1-7H3,(H,27,31)/t19-/m1/s1. The summed E-state index contributed by atoms with van der Waals surface area (Å²) in [5.74, 6) is 0.133. The van der Waals surface area contributed by atoms with E-state index in [0.29, 0.717) is 18.1 Å². The Bertz CT molecular complexity index is 1140. The minimum Gasteiger partial charge on any atom is -0.497 e. The van der Waals surface area contributed by atoms with Crippen LogP contribution in [-0.4, -0.2) is 63.2 Å². The lowest BCUT2D eigenvalue weighted by molar-refractivity contribution is -0.140. The van der Waals surface area contributed by atoms with Crippen LogP contribution in [0.1, 0.15) is 40.2 Å². The van der Waals surface area contributed by atoms with Gasteiger partial charge in [0.05, 0.1) is 25.7 Å². The van der Waals surface area contributed by atoms with E-state index in [-0.39, 0.29) is 18.1 Å². The number of carbonyl (C=O) groups is 2. The summed E-state index contributed by atoms with van der Waals surface area (Å²) in [6.07, 6.45) is 1.03. The molecule has 2 rings (SSSR count). The van der Waals surface area contributed by atoms with Crippen LogP contribution in [0.3, 0.4) is 0 Å². The third-order valence-electron chi connectivity index (χ3n) is 5.29. The molecule has 9 nitrogen and oxygen atoms in total. The molecule has 0 unspecified atom stereocenters. The molecule has 0 radical (unpaired) electrons. The average molecular weight is 520 g/mol. The van der Waals surface area contributed by atoms with Crippen molar-refractivity contribution in [3.05, 3.63) is 54.1 Å². The number of para-hydroxylation sites is 2. The number of nitrogens with one attached hydrogen (secondary N) is 1. The molecule has 0 bridgehead atoms. The zero-order valence-corrected chi connectivity index (χ0v) is 22.9. The Morgan fingerprint density at radius 1 is 1.06 bits per heavy atom. The third kappa shape index (κ3) is 8.15. The predicted molar refractivity (Wildman–Crippen MR) is 141 cm³/mol. The molecular weight excluding hydrogens is 482 g/mol. The fourth-order valence-corrected chi connectivity index (χ4v) is 4.37. The third-order valence-corrected chi connectivity index (χ3v) is 6.42. The molecule has 0 aliphatic rings. The van der Waals surface area contributed by atoms with Crippen LogP contribution in [0.2, 0.25) is 0 Å². The number of methoxy groups -OCH3 is 1. The minimum absolute atomic E-state index is 0.103. The van der Waals surface area contributed by atoms with Crippen LogP contribution >= 0.6 is 0 Å². The van der Waals surface area contributed by atoms with Crippen LogP contribution in [-0.2, 0) is 26.2 Å². The molecule has 36 heavy (non-hydrogen) atoms. The normalized spacial score (nSPS) is 12.4. The van der Waals surface area contributed by atoms with E-state index in [4.69, 9.17) is 9.47 Å². The fourth-order valence-electron chi connectivity index (χ4n) is 3.52. The lowest BCUT2D eigenvalue weighted by Crippen LogP contribution is -2.54. The number of carbonyl (C=O) groups excluding carboxylic acids is 2. The van der Waals surface area contributed by atoms with Crippen molar-refractivity contribution in [2.45, 2.75) is 52.7 Å². The summed E-state index contributed by atoms with van der Waals surface area (Å²) >= 11 is 0. The first-order valence-corrected chi connectivity index (χ1v) is 13.6. The Morgan fingerprint density at radius 2 is 1.67 bits per heavy atom. The van der Waals surface area contributed by atoms with E-state index in [9.17, 15) is 18.0 Å². The first kappa shape index (κ1) is 29.0. The van der Waals surface area contributed by atoms with Gasteiger partial charge in [-0.1, -0.05) is 24.3 Å². The predicted octanol–water partition coefficient (Wildman–Crippen LogP) is 3.19. The minimum atomic E-state index is -3.86. The smallest absolute Gasteiger partial charge is 0.244 e. The van der Waals surface area contributed by atoms with Gasteiger partial charge in [-0.05, 0) is 64.4 Å². The summed E-state index contributed by atoms with van der Waals surface area (Å²) in [6, 6.07) is 12.9. The van der Waals surface area contributed by atoms with Crippen LogP contribution in [0.5, 0.6) is 11.5 Å². The van der Waals surface area contributed by atoms with E-state index in [2.05, 4.69) is 5.32 Å². The van der Waals surface area contributed by atoms with Crippen LogP contribution in [0.4, 0.5) is 5.69 Å². The van der Waals surface area contributed by atoms with Gasteiger partial charge in [-0.2, -0.15) is 0 Å². The van der Waals surface area contributed by atoms with Gasteiger partial charge in [-0.3, -0.25) is 13.9 Å².